The van der Waals surface area contributed by atoms with Gasteiger partial charge >= 0.3 is 0 Å². The number of benzene rings is 2. The van der Waals surface area contributed by atoms with E-state index in [9.17, 15) is 14.0 Å². The Morgan fingerprint density at radius 1 is 1.00 bits per heavy atom. The molecule has 1 aliphatic rings. The van der Waals surface area contributed by atoms with E-state index < -0.39 is 0 Å². The number of carbonyl (C=O) groups excluding carboxylic acids is 2. The minimum atomic E-state index is -0.355. The van der Waals surface area contributed by atoms with E-state index in [0.29, 0.717) is 37.4 Å². The summed E-state index contributed by atoms with van der Waals surface area (Å²) in [6.45, 7) is 6.66. The molecule has 0 radical (unpaired) electrons. The van der Waals surface area contributed by atoms with E-state index >= 15 is 0 Å². The molecule has 1 fully saturated rings. The summed E-state index contributed by atoms with van der Waals surface area (Å²) in [5.41, 5.74) is 1.94. The zero-order valence-corrected chi connectivity index (χ0v) is 17.2. The van der Waals surface area contributed by atoms with Crippen molar-refractivity contribution in [3.05, 3.63) is 65.6 Å². The number of Topliss-reactive ketones (excluding diaryl/α,β-unsaturated/α-hetero) is 1. The van der Waals surface area contributed by atoms with E-state index in [2.05, 4.69) is 5.10 Å². The normalized spacial score (nSPS) is 15.1. The van der Waals surface area contributed by atoms with Crippen LogP contribution in [0.5, 0.6) is 0 Å². The molecule has 6 nitrogen and oxygen atoms in total. The average Bonchev–Trinajstić information content (AvgIpc) is 3.14. The Hall–Kier alpha value is -3.06. The number of halogens is 1. The van der Waals surface area contributed by atoms with Gasteiger partial charge < -0.3 is 4.90 Å². The van der Waals surface area contributed by atoms with Crippen molar-refractivity contribution < 1.29 is 14.0 Å². The summed E-state index contributed by atoms with van der Waals surface area (Å²) in [4.78, 5) is 29.4. The van der Waals surface area contributed by atoms with Crippen molar-refractivity contribution in [3.63, 3.8) is 0 Å². The maximum atomic E-state index is 13.2. The van der Waals surface area contributed by atoms with Crippen molar-refractivity contribution in [2.45, 2.75) is 19.9 Å². The number of amides is 1. The van der Waals surface area contributed by atoms with Gasteiger partial charge in [0.25, 0.3) is 5.91 Å². The Morgan fingerprint density at radius 3 is 2.33 bits per heavy atom. The average molecular weight is 408 g/mol. The van der Waals surface area contributed by atoms with Crippen LogP contribution in [-0.4, -0.2) is 64.0 Å². The third-order valence-corrected chi connectivity index (χ3v) is 5.50. The van der Waals surface area contributed by atoms with Gasteiger partial charge in [-0.05, 0) is 44.2 Å². The molecule has 0 N–H and O–H groups in total. The second kappa shape index (κ2) is 8.36. The van der Waals surface area contributed by atoms with Crippen molar-refractivity contribution in [2.24, 2.45) is 0 Å². The molecule has 0 bridgehead atoms. The fraction of sp³-hybridized carbons (Fsp3) is 0.348. The van der Waals surface area contributed by atoms with Crippen LogP contribution in [0, 0.1) is 5.82 Å². The second-order valence-corrected chi connectivity index (χ2v) is 7.90. The summed E-state index contributed by atoms with van der Waals surface area (Å²) in [6, 6.07) is 13.6. The highest BCUT2D eigenvalue weighted by atomic mass is 19.1. The number of carbonyl (C=O) groups is 2. The molecule has 7 heteroatoms. The Kier molecular flexibility index (Phi) is 5.63. The van der Waals surface area contributed by atoms with Gasteiger partial charge in [0.1, 0.15) is 5.82 Å². The van der Waals surface area contributed by atoms with Gasteiger partial charge in [-0.25, -0.2) is 4.39 Å². The molecule has 0 aliphatic carbocycles. The van der Waals surface area contributed by atoms with Crippen LogP contribution in [-0.2, 0) is 0 Å². The van der Waals surface area contributed by atoms with Crippen LogP contribution in [0.25, 0.3) is 10.9 Å². The van der Waals surface area contributed by atoms with Gasteiger partial charge in [-0.1, -0.05) is 18.2 Å². The summed E-state index contributed by atoms with van der Waals surface area (Å²) in [5, 5.41) is 5.47. The molecule has 156 valence electrons. The molecule has 4 rings (SSSR count). The summed E-state index contributed by atoms with van der Waals surface area (Å²) in [6.07, 6.45) is 0. The van der Waals surface area contributed by atoms with Crippen molar-refractivity contribution in [1.29, 1.82) is 0 Å². The second-order valence-electron chi connectivity index (χ2n) is 7.90. The van der Waals surface area contributed by atoms with Crippen molar-refractivity contribution in [2.75, 3.05) is 32.7 Å². The first kappa shape index (κ1) is 20.2. The maximum Gasteiger partial charge on any atom is 0.275 e. The quantitative estimate of drug-likeness (QED) is 0.607. The zero-order valence-electron chi connectivity index (χ0n) is 17.2. The largest absolute Gasteiger partial charge is 0.335 e. The lowest BCUT2D eigenvalue weighted by molar-refractivity contribution is 0.0620. The van der Waals surface area contributed by atoms with Crippen LogP contribution in [0.3, 0.4) is 0 Å². The van der Waals surface area contributed by atoms with Gasteiger partial charge in [-0.3, -0.25) is 19.2 Å². The number of ketones is 1. The lowest BCUT2D eigenvalue weighted by Crippen LogP contribution is -2.50. The summed E-state index contributed by atoms with van der Waals surface area (Å²) in [5.74, 6) is -0.474. The van der Waals surface area contributed by atoms with Gasteiger partial charge in [0, 0.05) is 43.2 Å². The number of hydrogen-bond acceptors (Lipinski definition) is 4. The van der Waals surface area contributed by atoms with Crippen LogP contribution in [0.1, 0.15) is 40.7 Å². The molecule has 0 saturated carbocycles. The van der Waals surface area contributed by atoms with E-state index in [-0.39, 0.29) is 30.1 Å². The minimum absolute atomic E-state index is 0.0450. The molecule has 3 aromatic rings. The predicted molar refractivity (Wildman–Crippen MR) is 113 cm³/mol. The van der Waals surface area contributed by atoms with Crippen LogP contribution in [0.2, 0.25) is 0 Å². The van der Waals surface area contributed by atoms with E-state index in [4.69, 9.17) is 0 Å². The van der Waals surface area contributed by atoms with Crippen LogP contribution in [0.15, 0.2) is 48.5 Å². The maximum absolute atomic E-state index is 13.2. The number of fused-ring (bicyclic) bond motifs is 1. The van der Waals surface area contributed by atoms with E-state index in [0.717, 1.165) is 10.9 Å². The van der Waals surface area contributed by atoms with Gasteiger partial charge in [-0.2, -0.15) is 5.10 Å². The predicted octanol–water partition coefficient (Wildman–Crippen LogP) is 3.40. The smallest absolute Gasteiger partial charge is 0.275 e. The third-order valence-electron chi connectivity index (χ3n) is 5.50. The van der Waals surface area contributed by atoms with Crippen LogP contribution >= 0.6 is 0 Å². The third kappa shape index (κ3) is 3.98. The van der Waals surface area contributed by atoms with Crippen LogP contribution < -0.4 is 0 Å². The highest BCUT2D eigenvalue weighted by Gasteiger charge is 2.27. The molecule has 1 saturated heterocycles. The number of rotatable bonds is 5. The molecule has 2 heterocycles. The monoisotopic (exact) mass is 408 g/mol. The highest BCUT2D eigenvalue weighted by molar-refractivity contribution is 6.05. The van der Waals surface area contributed by atoms with E-state index in [1.165, 1.54) is 24.3 Å². The number of nitrogens with zero attached hydrogens (tertiary/aromatic N) is 4. The lowest BCUT2D eigenvalue weighted by Gasteiger charge is -2.34. The Labute approximate surface area is 174 Å². The summed E-state index contributed by atoms with van der Waals surface area (Å²) < 4.78 is 14.9. The number of piperazine rings is 1. The first-order valence-electron chi connectivity index (χ1n) is 10.2. The fourth-order valence-corrected chi connectivity index (χ4v) is 3.83. The molecule has 0 atom stereocenters. The van der Waals surface area contributed by atoms with Gasteiger partial charge in [0.05, 0.1) is 12.1 Å². The number of para-hydroxylation sites is 1. The van der Waals surface area contributed by atoms with E-state index in [1.54, 1.807) is 4.90 Å². The van der Waals surface area contributed by atoms with Crippen molar-refractivity contribution in [3.8, 4) is 0 Å². The van der Waals surface area contributed by atoms with Gasteiger partial charge in [0.2, 0.25) is 0 Å². The zero-order chi connectivity index (χ0) is 21.3. The van der Waals surface area contributed by atoms with Crippen molar-refractivity contribution in [1.82, 2.24) is 19.6 Å². The Morgan fingerprint density at radius 2 is 1.67 bits per heavy atom. The molecular formula is C23H25FN4O2. The lowest BCUT2D eigenvalue weighted by atomic mass is 10.1. The molecule has 1 amide bonds. The molecule has 1 aromatic heterocycles. The first-order valence-corrected chi connectivity index (χ1v) is 10.2. The van der Waals surface area contributed by atoms with Crippen LogP contribution in [0.4, 0.5) is 4.39 Å². The topological polar surface area (TPSA) is 58.4 Å². The molecule has 30 heavy (non-hydrogen) atoms. The Balaban J connectivity index is 1.42. The first-order chi connectivity index (χ1) is 14.4. The standard InChI is InChI=1S/C23H25FN4O2/c1-16(2)28-20-6-4-3-5-19(20)22(25-28)23(30)27-13-11-26(12-14-27)15-21(29)17-7-9-18(24)10-8-17/h3-10,16H,11-15H2,1-2H3. The fourth-order valence-electron chi connectivity index (χ4n) is 3.83. The highest BCUT2D eigenvalue weighted by Crippen LogP contribution is 2.23. The minimum Gasteiger partial charge on any atom is -0.335 e. The molecule has 2 aromatic carbocycles. The molecule has 1 aliphatic heterocycles. The van der Waals surface area contributed by atoms with Gasteiger partial charge in [0.15, 0.2) is 11.5 Å². The Bertz CT molecular complexity index is 1070. The summed E-state index contributed by atoms with van der Waals surface area (Å²) >= 11 is 0. The SMILES string of the molecule is CC(C)n1nc(C(=O)N2CCN(CC(=O)c3ccc(F)cc3)CC2)c2ccccc21. The molecule has 0 spiro atoms. The summed E-state index contributed by atoms with van der Waals surface area (Å²) in [7, 11) is 0. The number of hydrogen-bond donors (Lipinski definition) is 0. The number of aromatic nitrogens is 2. The molecular weight excluding hydrogens is 383 g/mol. The molecule has 0 unspecified atom stereocenters. The van der Waals surface area contributed by atoms with E-state index in [1.807, 2.05) is 47.7 Å². The van der Waals surface area contributed by atoms with Gasteiger partial charge in [-0.15, -0.1) is 0 Å². The van der Waals surface area contributed by atoms with Crippen molar-refractivity contribution >= 4 is 22.6 Å².